The predicted molar refractivity (Wildman–Crippen MR) is 90.4 cm³/mol. The number of hydrogen-bond acceptors (Lipinski definition) is 1. The zero-order valence-electron chi connectivity index (χ0n) is 14.5. The molecule has 3 unspecified atom stereocenters. The molecule has 0 N–H and O–H groups in total. The summed E-state index contributed by atoms with van der Waals surface area (Å²) in [5, 5.41) is 0. The van der Waals surface area contributed by atoms with Gasteiger partial charge < -0.3 is 4.43 Å². The highest BCUT2D eigenvalue weighted by Gasteiger charge is 2.52. The van der Waals surface area contributed by atoms with Gasteiger partial charge in [0, 0.05) is 12.5 Å². The van der Waals surface area contributed by atoms with E-state index in [0.717, 1.165) is 12.5 Å². The molecule has 20 heavy (non-hydrogen) atoms. The molecule has 0 aliphatic heterocycles. The average molecular weight is 295 g/mol. The summed E-state index contributed by atoms with van der Waals surface area (Å²) in [5.41, 5.74) is 2.36. The number of rotatable bonds is 3. The van der Waals surface area contributed by atoms with Crippen molar-refractivity contribution in [3.8, 4) is 0 Å². The van der Waals surface area contributed by atoms with Crippen molar-refractivity contribution in [1.29, 1.82) is 0 Å². The first kappa shape index (κ1) is 16.3. The molecule has 2 fully saturated rings. The van der Waals surface area contributed by atoms with Crippen molar-refractivity contribution in [3.63, 3.8) is 0 Å². The molecular formula is C18H34OSi. The van der Waals surface area contributed by atoms with Crippen LogP contribution in [0, 0.1) is 22.7 Å². The van der Waals surface area contributed by atoms with Gasteiger partial charge in [0.05, 0.1) is 0 Å². The van der Waals surface area contributed by atoms with Crippen molar-refractivity contribution < 1.29 is 4.43 Å². The van der Waals surface area contributed by atoms with Gasteiger partial charge in [-0.05, 0) is 62.1 Å². The molecule has 1 nitrogen and oxygen atoms in total. The molecule has 0 spiro atoms. The third kappa shape index (κ3) is 3.06. The van der Waals surface area contributed by atoms with Crippen LogP contribution in [-0.4, -0.2) is 14.9 Å². The Morgan fingerprint density at radius 2 is 1.85 bits per heavy atom. The second kappa shape index (κ2) is 5.28. The third-order valence-electron chi connectivity index (χ3n) is 6.00. The highest BCUT2D eigenvalue weighted by atomic mass is 28.4. The number of fused-ring (bicyclic) bond motifs is 1. The molecule has 0 heterocycles. The molecule has 116 valence electrons. The van der Waals surface area contributed by atoms with Crippen molar-refractivity contribution in [1.82, 2.24) is 0 Å². The van der Waals surface area contributed by atoms with Gasteiger partial charge in [-0.1, -0.05) is 39.3 Å². The molecule has 0 saturated heterocycles. The smallest absolute Gasteiger partial charge is 0.183 e. The lowest BCUT2D eigenvalue weighted by molar-refractivity contribution is -0.0632. The SMILES string of the molecule is C=C1CCC2C(C)(C)CCCC2(C)C1CO[Si](C)(C)C. The summed E-state index contributed by atoms with van der Waals surface area (Å²) in [7, 11) is -1.44. The normalized spacial score (nSPS) is 37.6. The van der Waals surface area contributed by atoms with Crippen molar-refractivity contribution in [3.05, 3.63) is 12.2 Å². The van der Waals surface area contributed by atoms with Crippen molar-refractivity contribution in [2.45, 2.75) is 72.5 Å². The molecule has 0 aromatic carbocycles. The quantitative estimate of drug-likeness (QED) is 0.483. The Kier molecular flexibility index (Phi) is 4.30. The minimum Gasteiger partial charge on any atom is -0.417 e. The van der Waals surface area contributed by atoms with E-state index in [0.29, 0.717) is 16.7 Å². The molecule has 0 amide bonds. The van der Waals surface area contributed by atoms with Crippen LogP contribution in [0.5, 0.6) is 0 Å². The van der Waals surface area contributed by atoms with Gasteiger partial charge in [0.25, 0.3) is 0 Å². The van der Waals surface area contributed by atoms with Gasteiger partial charge in [0.15, 0.2) is 8.32 Å². The summed E-state index contributed by atoms with van der Waals surface area (Å²) in [6.45, 7) is 19.7. The molecule has 2 aliphatic carbocycles. The monoisotopic (exact) mass is 294 g/mol. The highest BCUT2D eigenvalue weighted by Crippen LogP contribution is 2.60. The predicted octanol–water partition coefficient (Wildman–Crippen LogP) is 5.64. The van der Waals surface area contributed by atoms with Crippen LogP contribution in [0.3, 0.4) is 0 Å². The molecule has 2 aliphatic rings. The zero-order chi connectivity index (χ0) is 15.2. The Hall–Kier alpha value is -0.0831. The van der Waals surface area contributed by atoms with E-state index in [1.165, 1.54) is 37.7 Å². The van der Waals surface area contributed by atoms with E-state index < -0.39 is 8.32 Å². The van der Waals surface area contributed by atoms with Crippen LogP contribution in [0.15, 0.2) is 12.2 Å². The van der Waals surface area contributed by atoms with Crippen molar-refractivity contribution in [2.24, 2.45) is 22.7 Å². The van der Waals surface area contributed by atoms with Gasteiger partial charge in [-0.3, -0.25) is 0 Å². The first-order valence-corrected chi connectivity index (χ1v) is 11.8. The molecular weight excluding hydrogens is 260 g/mol. The third-order valence-corrected chi connectivity index (χ3v) is 7.03. The van der Waals surface area contributed by atoms with Crippen LogP contribution in [-0.2, 0) is 4.43 Å². The summed E-state index contributed by atoms with van der Waals surface area (Å²) in [6, 6.07) is 0. The first-order chi connectivity index (χ1) is 9.06. The Morgan fingerprint density at radius 3 is 2.45 bits per heavy atom. The minimum absolute atomic E-state index is 0.413. The second-order valence-electron chi connectivity index (χ2n) is 9.07. The van der Waals surface area contributed by atoms with Crippen LogP contribution in [0.1, 0.15) is 52.9 Å². The van der Waals surface area contributed by atoms with Crippen LogP contribution in [0.2, 0.25) is 19.6 Å². The summed E-state index contributed by atoms with van der Waals surface area (Å²) < 4.78 is 6.30. The minimum atomic E-state index is -1.44. The Bertz CT molecular complexity index is 379. The van der Waals surface area contributed by atoms with E-state index in [1.807, 2.05) is 0 Å². The van der Waals surface area contributed by atoms with E-state index in [9.17, 15) is 0 Å². The summed E-state index contributed by atoms with van der Waals surface area (Å²) in [4.78, 5) is 0. The fourth-order valence-corrected chi connectivity index (χ4v) is 5.58. The standard InChI is InChI=1S/C18H34OSi/c1-14-9-10-16-17(2,3)11-8-12-18(16,4)15(14)13-19-20(5,6)7/h15-16H,1,8-13H2,2-7H3. The van der Waals surface area contributed by atoms with E-state index in [-0.39, 0.29) is 0 Å². The summed E-state index contributed by atoms with van der Waals surface area (Å²) in [5.74, 6) is 1.41. The topological polar surface area (TPSA) is 9.23 Å². The Balaban J connectivity index is 2.22. The summed E-state index contributed by atoms with van der Waals surface area (Å²) >= 11 is 0. The fraction of sp³-hybridized carbons (Fsp3) is 0.889. The largest absolute Gasteiger partial charge is 0.417 e. The number of hydrogen-bond donors (Lipinski definition) is 0. The van der Waals surface area contributed by atoms with Gasteiger partial charge in [0.2, 0.25) is 0 Å². The van der Waals surface area contributed by atoms with Crippen molar-refractivity contribution >= 4 is 8.32 Å². The molecule has 2 saturated carbocycles. The molecule has 0 bridgehead atoms. The molecule has 0 radical (unpaired) electrons. The van der Waals surface area contributed by atoms with Gasteiger partial charge in [-0.25, -0.2) is 0 Å². The van der Waals surface area contributed by atoms with E-state index in [1.54, 1.807) is 0 Å². The molecule has 2 rings (SSSR count). The lowest BCUT2D eigenvalue weighted by Crippen LogP contribution is -2.51. The molecule has 0 aromatic rings. The second-order valence-corrected chi connectivity index (χ2v) is 13.6. The highest BCUT2D eigenvalue weighted by molar-refractivity contribution is 6.69. The van der Waals surface area contributed by atoms with E-state index >= 15 is 0 Å². The lowest BCUT2D eigenvalue weighted by Gasteiger charge is -2.58. The maximum absolute atomic E-state index is 6.30. The van der Waals surface area contributed by atoms with Gasteiger partial charge in [-0.15, -0.1) is 0 Å². The van der Waals surface area contributed by atoms with Crippen LogP contribution in [0.4, 0.5) is 0 Å². The van der Waals surface area contributed by atoms with Crippen molar-refractivity contribution in [2.75, 3.05) is 6.61 Å². The molecule has 0 aromatic heterocycles. The fourth-order valence-electron chi connectivity index (χ4n) is 4.92. The Labute approximate surface area is 127 Å². The average Bonchev–Trinajstić information content (AvgIpc) is 2.24. The lowest BCUT2D eigenvalue weighted by atomic mass is 9.48. The maximum Gasteiger partial charge on any atom is 0.183 e. The molecule has 3 atom stereocenters. The molecule has 2 heteroatoms. The first-order valence-electron chi connectivity index (χ1n) is 8.38. The maximum atomic E-state index is 6.30. The van der Waals surface area contributed by atoms with E-state index in [2.05, 4.69) is 47.0 Å². The van der Waals surface area contributed by atoms with Gasteiger partial charge in [0.1, 0.15) is 0 Å². The van der Waals surface area contributed by atoms with Crippen LogP contribution < -0.4 is 0 Å². The van der Waals surface area contributed by atoms with E-state index in [4.69, 9.17) is 4.43 Å². The Morgan fingerprint density at radius 1 is 1.20 bits per heavy atom. The van der Waals surface area contributed by atoms with Crippen LogP contribution in [0.25, 0.3) is 0 Å². The van der Waals surface area contributed by atoms with Crippen LogP contribution >= 0.6 is 0 Å². The zero-order valence-corrected chi connectivity index (χ0v) is 15.5. The van der Waals surface area contributed by atoms with Gasteiger partial charge in [-0.2, -0.15) is 0 Å². The van der Waals surface area contributed by atoms with Gasteiger partial charge >= 0.3 is 0 Å². The summed E-state index contributed by atoms with van der Waals surface area (Å²) in [6.07, 6.45) is 6.67.